The van der Waals surface area contributed by atoms with Crippen molar-refractivity contribution in [2.75, 3.05) is 11.5 Å². The van der Waals surface area contributed by atoms with Crippen molar-refractivity contribution < 1.29 is 0 Å². The molecule has 0 N–H and O–H groups in total. The van der Waals surface area contributed by atoms with E-state index < -0.39 is 0 Å². The van der Waals surface area contributed by atoms with Gasteiger partial charge in [0, 0.05) is 16.8 Å². The van der Waals surface area contributed by atoms with E-state index in [1.165, 1.54) is 17.1 Å². The predicted octanol–water partition coefficient (Wildman–Crippen LogP) is 4.36. The van der Waals surface area contributed by atoms with Crippen LogP contribution in [-0.2, 0) is 0 Å². The highest BCUT2D eigenvalue weighted by molar-refractivity contribution is 8.00. The summed E-state index contributed by atoms with van der Waals surface area (Å²) in [6, 6.07) is 16.6. The van der Waals surface area contributed by atoms with E-state index in [1.54, 1.807) is 0 Å². The fourth-order valence-electron chi connectivity index (χ4n) is 1.37. The van der Waals surface area contributed by atoms with Gasteiger partial charge in [0.15, 0.2) is 0 Å². The Bertz CT molecular complexity index is 375. The number of benzene rings is 1. The maximum absolute atomic E-state index is 4.29. The van der Waals surface area contributed by atoms with Gasteiger partial charge in [0.05, 0.1) is 5.03 Å². The standard InChI is InChI=1S/C14H15NS2/c1-2-7-13(8-3-1)16-11-6-12-17-14-9-4-5-10-15-14/h1-5,7-10H,6,11-12H2. The summed E-state index contributed by atoms with van der Waals surface area (Å²) in [7, 11) is 0. The van der Waals surface area contributed by atoms with E-state index in [2.05, 4.69) is 41.4 Å². The van der Waals surface area contributed by atoms with Gasteiger partial charge in [-0.15, -0.1) is 23.5 Å². The van der Waals surface area contributed by atoms with Crippen LogP contribution in [0.3, 0.4) is 0 Å². The van der Waals surface area contributed by atoms with Gasteiger partial charge in [-0.3, -0.25) is 0 Å². The normalized spacial score (nSPS) is 10.4. The summed E-state index contributed by atoms with van der Waals surface area (Å²) in [5.41, 5.74) is 0. The number of aromatic nitrogens is 1. The second-order valence-electron chi connectivity index (χ2n) is 3.53. The molecular weight excluding hydrogens is 246 g/mol. The molecule has 0 fully saturated rings. The monoisotopic (exact) mass is 261 g/mol. The van der Waals surface area contributed by atoms with Crippen LogP contribution in [-0.4, -0.2) is 16.5 Å². The fourth-order valence-corrected chi connectivity index (χ4v) is 3.24. The Balaban J connectivity index is 1.61. The zero-order chi connectivity index (χ0) is 11.8. The fraction of sp³-hybridized carbons (Fsp3) is 0.214. The van der Waals surface area contributed by atoms with E-state index in [0.29, 0.717) is 0 Å². The molecule has 0 aliphatic carbocycles. The first-order valence-corrected chi connectivity index (χ1v) is 7.64. The molecule has 0 saturated carbocycles. The van der Waals surface area contributed by atoms with E-state index >= 15 is 0 Å². The highest BCUT2D eigenvalue weighted by Gasteiger charge is 1.95. The Morgan fingerprint density at radius 3 is 2.35 bits per heavy atom. The Morgan fingerprint density at radius 1 is 0.824 bits per heavy atom. The van der Waals surface area contributed by atoms with Gasteiger partial charge in [-0.2, -0.15) is 0 Å². The Labute approximate surface area is 111 Å². The van der Waals surface area contributed by atoms with Crippen LogP contribution >= 0.6 is 23.5 Å². The third kappa shape index (κ3) is 4.84. The van der Waals surface area contributed by atoms with Crippen molar-refractivity contribution in [1.29, 1.82) is 0 Å². The van der Waals surface area contributed by atoms with Crippen molar-refractivity contribution >= 4 is 23.5 Å². The maximum Gasteiger partial charge on any atom is 0.0959 e. The van der Waals surface area contributed by atoms with E-state index in [1.807, 2.05) is 41.9 Å². The van der Waals surface area contributed by atoms with Crippen LogP contribution in [0.2, 0.25) is 0 Å². The smallest absolute Gasteiger partial charge is 0.0959 e. The van der Waals surface area contributed by atoms with E-state index in [9.17, 15) is 0 Å². The topological polar surface area (TPSA) is 12.9 Å². The molecule has 0 unspecified atom stereocenters. The number of hydrogen-bond acceptors (Lipinski definition) is 3. The van der Waals surface area contributed by atoms with Crippen LogP contribution in [0.4, 0.5) is 0 Å². The lowest BCUT2D eigenvalue weighted by Gasteiger charge is -2.01. The summed E-state index contributed by atoms with van der Waals surface area (Å²) in [5.74, 6) is 2.31. The summed E-state index contributed by atoms with van der Waals surface area (Å²) in [6.07, 6.45) is 3.06. The molecule has 88 valence electrons. The van der Waals surface area contributed by atoms with Crippen molar-refractivity contribution in [2.45, 2.75) is 16.3 Å². The molecule has 0 atom stereocenters. The quantitative estimate of drug-likeness (QED) is 0.566. The van der Waals surface area contributed by atoms with E-state index in [0.717, 1.165) is 10.8 Å². The molecule has 0 bridgehead atoms. The van der Waals surface area contributed by atoms with Crippen LogP contribution in [0.25, 0.3) is 0 Å². The average molecular weight is 261 g/mol. The van der Waals surface area contributed by atoms with Gasteiger partial charge in [0.25, 0.3) is 0 Å². The van der Waals surface area contributed by atoms with E-state index in [4.69, 9.17) is 0 Å². The molecular formula is C14H15NS2. The molecule has 1 aromatic carbocycles. The van der Waals surface area contributed by atoms with Crippen molar-refractivity contribution in [1.82, 2.24) is 4.98 Å². The first-order valence-electron chi connectivity index (χ1n) is 5.67. The van der Waals surface area contributed by atoms with Crippen LogP contribution in [0.5, 0.6) is 0 Å². The summed E-state index contributed by atoms with van der Waals surface area (Å²) in [5, 5.41) is 1.12. The molecule has 0 amide bonds. The molecule has 17 heavy (non-hydrogen) atoms. The highest BCUT2D eigenvalue weighted by atomic mass is 32.2. The second kappa shape index (κ2) is 7.41. The summed E-state index contributed by atoms with van der Waals surface area (Å²) < 4.78 is 0. The lowest BCUT2D eigenvalue weighted by atomic mass is 10.4. The van der Waals surface area contributed by atoms with Crippen molar-refractivity contribution in [3.63, 3.8) is 0 Å². The molecule has 0 radical (unpaired) electrons. The third-order valence-corrected chi connectivity index (χ3v) is 4.32. The zero-order valence-electron chi connectivity index (χ0n) is 9.58. The maximum atomic E-state index is 4.29. The largest absolute Gasteiger partial charge is 0.250 e. The molecule has 0 aliphatic rings. The van der Waals surface area contributed by atoms with Gasteiger partial charge in [0.1, 0.15) is 0 Å². The van der Waals surface area contributed by atoms with Gasteiger partial charge < -0.3 is 0 Å². The second-order valence-corrected chi connectivity index (χ2v) is 5.82. The third-order valence-electron chi connectivity index (χ3n) is 2.19. The highest BCUT2D eigenvalue weighted by Crippen LogP contribution is 2.20. The van der Waals surface area contributed by atoms with Crippen molar-refractivity contribution in [2.24, 2.45) is 0 Å². The summed E-state index contributed by atoms with van der Waals surface area (Å²) in [4.78, 5) is 5.65. The first kappa shape index (κ1) is 12.5. The van der Waals surface area contributed by atoms with Gasteiger partial charge in [0.2, 0.25) is 0 Å². The van der Waals surface area contributed by atoms with Crippen LogP contribution in [0.1, 0.15) is 6.42 Å². The number of rotatable bonds is 6. The Kier molecular flexibility index (Phi) is 5.46. The number of thioether (sulfide) groups is 2. The SMILES string of the molecule is c1ccc(SCCCSc2ccccn2)cc1. The van der Waals surface area contributed by atoms with Gasteiger partial charge in [-0.05, 0) is 36.4 Å². The number of nitrogens with zero attached hydrogens (tertiary/aromatic N) is 1. The summed E-state index contributed by atoms with van der Waals surface area (Å²) >= 11 is 3.75. The van der Waals surface area contributed by atoms with Crippen molar-refractivity contribution in [3.05, 3.63) is 54.7 Å². The molecule has 0 saturated heterocycles. The molecule has 0 spiro atoms. The number of hydrogen-bond donors (Lipinski definition) is 0. The lowest BCUT2D eigenvalue weighted by Crippen LogP contribution is -1.85. The first-order chi connectivity index (χ1) is 8.45. The molecule has 1 aromatic heterocycles. The molecule has 2 aromatic rings. The minimum Gasteiger partial charge on any atom is -0.250 e. The Hall–Kier alpha value is -0.930. The van der Waals surface area contributed by atoms with Crippen molar-refractivity contribution in [3.8, 4) is 0 Å². The van der Waals surface area contributed by atoms with Gasteiger partial charge in [-0.1, -0.05) is 24.3 Å². The Morgan fingerprint density at radius 2 is 1.59 bits per heavy atom. The van der Waals surface area contributed by atoms with Gasteiger partial charge in [-0.25, -0.2) is 4.98 Å². The van der Waals surface area contributed by atoms with E-state index in [-0.39, 0.29) is 0 Å². The lowest BCUT2D eigenvalue weighted by molar-refractivity contribution is 1.09. The number of pyridine rings is 1. The molecule has 2 rings (SSSR count). The van der Waals surface area contributed by atoms with Crippen LogP contribution < -0.4 is 0 Å². The zero-order valence-corrected chi connectivity index (χ0v) is 11.2. The minimum atomic E-state index is 1.12. The summed E-state index contributed by atoms with van der Waals surface area (Å²) in [6.45, 7) is 0. The van der Waals surface area contributed by atoms with Crippen LogP contribution in [0.15, 0.2) is 64.6 Å². The molecule has 3 heteroatoms. The predicted molar refractivity (Wildman–Crippen MR) is 76.7 cm³/mol. The minimum absolute atomic E-state index is 1.12. The molecule has 0 aliphatic heterocycles. The molecule has 1 heterocycles. The average Bonchev–Trinajstić information content (AvgIpc) is 2.41. The van der Waals surface area contributed by atoms with Gasteiger partial charge >= 0.3 is 0 Å². The van der Waals surface area contributed by atoms with Crippen LogP contribution in [0, 0.1) is 0 Å². The molecule has 1 nitrogen and oxygen atoms in total.